The van der Waals surface area contributed by atoms with Crippen molar-refractivity contribution in [3.05, 3.63) is 22.1 Å². The van der Waals surface area contributed by atoms with Crippen LogP contribution < -0.4 is 11.3 Å². The maximum absolute atomic E-state index is 11.7. The molecule has 0 aromatic carbocycles. The predicted molar refractivity (Wildman–Crippen MR) is 52.6 cm³/mol. The molecule has 0 amide bonds. The van der Waals surface area contributed by atoms with E-state index in [2.05, 4.69) is 5.10 Å². The van der Waals surface area contributed by atoms with E-state index in [4.69, 9.17) is 5.73 Å². The highest BCUT2D eigenvalue weighted by Crippen LogP contribution is 2.10. The monoisotopic (exact) mass is 181 g/mol. The van der Waals surface area contributed by atoms with Gasteiger partial charge in [-0.1, -0.05) is 0 Å². The first-order valence-corrected chi connectivity index (χ1v) is 4.19. The molecule has 0 unspecified atom stereocenters. The Morgan fingerprint density at radius 1 is 1.46 bits per heavy atom. The normalized spacial score (nSPS) is 11.7. The lowest BCUT2D eigenvalue weighted by molar-refractivity contribution is 0.337. The average molecular weight is 181 g/mol. The van der Waals surface area contributed by atoms with Gasteiger partial charge >= 0.3 is 0 Å². The van der Waals surface area contributed by atoms with Gasteiger partial charge in [0.2, 0.25) is 0 Å². The summed E-state index contributed by atoms with van der Waals surface area (Å²) in [6, 6.07) is 0. The van der Waals surface area contributed by atoms with Crippen LogP contribution in [0.1, 0.15) is 26.3 Å². The van der Waals surface area contributed by atoms with Crippen molar-refractivity contribution in [2.75, 3.05) is 5.73 Å². The van der Waals surface area contributed by atoms with Crippen LogP contribution in [0.4, 0.5) is 5.69 Å². The fourth-order valence-corrected chi connectivity index (χ4v) is 1.03. The number of nitrogens with two attached hydrogens (primary N) is 1. The van der Waals surface area contributed by atoms with Crippen molar-refractivity contribution >= 4 is 5.69 Å². The Hall–Kier alpha value is -1.32. The van der Waals surface area contributed by atoms with E-state index >= 15 is 0 Å². The van der Waals surface area contributed by atoms with Crippen LogP contribution in [0.15, 0.2) is 11.0 Å². The van der Waals surface area contributed by atoms with Crippen LogP contribution in [0.5, 0.6) is 0 Å². The topological polar surface area (TPSA) is 60.9 Å². The van der Waals surface area contributed by atoms with Crippen LogP contribution in [0.3, 0.4) is 0 Å². The third-order valence-electron chi connectivity index (χ3n) is 1.89. The highest BCUT2D eigenvalue weighted by Gasteiger charge is 2.17. The van der Waals surface area contributed by atoms with E-state index in [-0.39, 0.29) is 11.1 Å². The lowest BCUT2D eigenvalue weighted by atomic mass is 10.1. The number of nitrogen functional groups attached to an aromatic ring is 1. The van der Waals surface area contributed by atoms with Gasteiger partial charge in [-0.15, -0.1) is 0 Å². The van der Waals surface area contributed by atoms with Crippen molar-refractivity contribution in [2.45, 2.75) is 33.2 Å². The van der Waals surface area contributed by atoms with Crippen LogP contribution in [-0.4, -0.2) is 9.78 Å². The molecular formula is C9H15N3O. The molecule has 0 aliphatic carbocycles. The molecule has 1 aromatic rings. The van der Waals surface area contributed by atoms with Gasteiger partial charge in [0.1, 0.15) is 0 Å². The molecule has 0 aliphatic rings. The maximum atomic E-state index is 11.7. The summed E-state index contributed by atoms with van der Waals surface area (Å²) in [6.45, 7) is 7.49. The summed E-state index contributed by atoms with van der Waals surface area (Å²) in [5.74, 6) is 0. The molecule has 0 saturated heterocycles. The van der Waals surface area contributed by atoms with Crippen molar-refractivity contribution in [1.29, 1.82) is 0 Å². The zero-order chi connectivity index (χ0) is 10.2. The molecule has 4 heteroatoms. The molecule has 4 nitrogen and oxygen atoms in total. The molecule has 0 radical (unpaired) electrons. The summed E-state index contributed by atoms with van der Waals surface area (Å²) in [5.41, 5.74) is 6.15. The minimum atomic E-state index is -0.296. The Morgan fingerprint density at radius 3 is 2.46 bits per heavy atom. The summed E-state index contributed by atoms with van der Waals surface area (Å²) in [5, 5.41) is 3.99. The first-order chi connectivity index (χ1) is 5.84. The Labute approximate surface area is 77.4 Å². The summed E-state index contributed by atoms with van der Waals surface area (Å²) < 4.78 is 1.44. The van der Waals surface area contributed by atoms with E-state index in [1.54, 1.807) is 6.92 Å². The molecule has 13 heavy (non-hydrogen) atoms. The van der Waals surface area contributed by atoms with E-state index < -0.39 is 0 Å². The molecule has 2 N–H and O–H groups in total. The molecule has 1 aromatic heterocycles. The number of aromatic nitrogens is 2. The van der Waals surface area contributed by atoms with Gasteiger partial charge in [-0.2, -0.15) is 5.10 Å². The van der Waals surface area contributed by atoms with Crippen LogP contribution in [0.2, 0.25) is 0 Å². The minimum Gasteiger partial charge on any atom is -0.397 e. The van der Waals surface area contributed by atoms with Gasteiger partial charge in [-0.05, 0) is 27.7 Å². The Kier molecular flexibility index (Phi) is 2.15. The van der Waals surface area contributed by atoms with E-state index in [0.717, 1.165) is 0 Å². The summed E-state index contributed by atoms with van der Waals surface area (Å²) >= 11 is 0. The summed E-state index contributed by atoms with van der Waals surface area (Å²) in [7, 11) is 0. The fraction of sp³-hybridized carbons (Fsp3) is 0.556. The van der Waals surface area contributed by atoms with Gasteiger partial charge in [0.05, 0.1) is 17.4 Å². The first kappa shape index (κ1) is 9.77. The molecule has 0 saturated carbocycles. The van der Waals surface area contributed by atoms with Gasteiger partial charge in [-0.3, -0.25) is 4.79 Å². The number of hydrogen-bond donors (Lipinski definition) is 1. The molecule has 0 fully saturated rings. The highest BCUT2D eigenvalue weighted by molar-refractivity contribution is 5.41. The smallest absolute Gasteiger partial charge is 0.272 e. The van der Waals surface area contributed by atoms with Crippen LogP contribution >= 0.6 is 0 Å². The van der Waals surface area contributed by atoms with Crippen molar-refractivity contribution in [3.8, 4) is 0 Å². The van der Waals surface area contributed by atoms with Crippen LogP contribution in [0.25, 0.3) is 0 Å². The number of rotatable bonds is 0. The second-order valence-corrected chi connectivity index (χ2v) is 4.11. The highest BCUT2D eigenvalue weighted by atomic mass is 16.1. The van der Waals surface area contributed by atoms with Crippen molar-refractivity contribution in [2.24, 2.45) is 0 Å². The average Bonchev–Trinajstić information content (AvgIpc) is 1.98. The molecule has 0 atom stereocenters. The lowest BCUT2D eigenvalue weighted by Gasteiger charge is -2.20. The SMILES string of the molecule is Cc1c(N)cnn(C(C)(C)C)c1=O. The van der Waals surface area contributed by atoms with Gasteiger partial charge in [0.25, 0.3) is 5.56 Å². The van der Waals surface area contributed by atoms with E-state index in [1.165, 1.54) is 10.9 Å². The van der Waals surface area contributed by atoms with E-state index in [0.29, 0.717) is 11.3 Å². The second-order valence-electron chi connectivity index (χ2n) is 4.11. The molecule has 0 spiro atoms. The Balaban J connectivity index is 3.44. The second kappa shape index (κ2) is 2.87. The molecule has 0 bridgehead atoms. The van der Waals surface area contributed by atoms with Crippen LogP contribution in [-0.2, 0) is 5.54 Å². The third kappa shape index (κ3) is 1.71. The van der Waals surface area contributed by atoms with Gasteiger partial charge in [-0.25, -0.2) is 4.68 Å². The van der Waals surface area contributed by atoms with Gasteiger partial charge in [0, 0.05) is 5.56 Å². The quantitative estimate of drug-likeness (QED) is 0.646. The van der Waals surface area contributed by atoms with Gasteiger partial charge in [0.15, 0.2) is 0 Å². The largest absolute Gasteiger partial charge is 0.397 e. The summed E-state index contributed by atoms with van der Waals surface area (Å²) in [6.07, 6.45) is 1.52. The molecule has 1 rings (SSSR count). The number of hydrogen-bond acceptors (Lipinski definition) is 3. The van der Waals surface area contributed by atoms with E-state index in [1.807, 2.05) is 20.8 Å². The van der Waals surface area contributed by atoms with E-state index in [9.17, 15) is 4.79 Å². The Morgan fingerprint density at radius 2 is 2.00 bits per heavy atom. The molecule has 72 valence electrons. The minimum absolute atomic E-state index is 0.118. The van der Waals surface area contributed by atoms with Crippen molar-refractivity contribution in [1.82, 2.24) is 9.78 Å². The molecular weight excluding hydrogens is 166 g/mol. The standard InChI is InChI=1S/C9H15N3O/c1-6-7(10)5-11-12(8(6)13)9(2,3)4/h5H,10H2,1-4H3. The Bertz CT molecular complexity index is 373. The molecule has 0 aliphatic heterocycles. The number of nitrogens with zero attached hydrogens (tertiary/aromatic N) is 2. The first-order valence-electron chi connectivity index (χ1n) is 4.19. The predicted octanol–water partition coefficient (Wildman–Crippen LogP) is 0.889. The van der Waals surface area contributed by atoms with Gasteiger partial charge < -0.3 is 5.73 Å². The zero-order valence-electron chi connectivity index (χ0n) is 8.46. The number of anilines is 1. The third-order valence-corrected chi connectivity index (χ3v) is 1.89. The summed E-state index contributed by atoms with van der Waals surface area (Å²) in [4.78, 5) is 11.7. The van der Waals surface area contributed by atoms with Crippen molar-refractivity contribution < 1.29 is 0 Å². The molecule has 1 heterocycles. The van der Waals surface area contributed by atoms with Crippen molar-refractivity contribution in [3.63, 3.8) is 0 Å². The van der Waals surface area contributed by atoms with Crippen LogP contribution in [0, 0.1) is 6.92 Å². The maximum Gasteiger partial charge on any atom is 0.272 e. The zero-order valence-corrected chi connectivity index (χ0v) is 8.46. The fourth-order valence-electron chi connectivity index (χ4n) is 1.03. The lowest BCUT2D eigenvalue weighted by Crippen LogP contribution is -2.37.